The van der Waals surface area contributed by atoms with Crippen molar-refractivity contribution in [2.45, 2.75) is 65.3 Å². The van der Waals surface area contributed by atoms with Crippen molar-refractivity contribution in [3.05, 3.63) is 46.3 Å². The molecule has 3 heterocycles. The van der Waals surface area contributed by atoms with Crippen LogP contribution < -0.4 is 4.90 Å². The van der Waals surface area contributed by atoms with Gasteiger partial charge in [0.15, 0.2) is 5.69 Å². The van der Waals surface area contributed by atoms with Crippen LogP contribution in [0.1, 0.15) is 71.4 Å². The lowest BCUT2D eigenvalue weighted by atomic mass is 10.00. The lowest BCUT2D eigenvalue weighted by molar-refractivity contribution is -0.132. The molecule has 2 amide bonds. The van der Waals surface area contributed by atoms with Crippen molar-refractivity contribution in [2.24, 2.45) is 5.92 Å². The third-order valence-corrected chi connectivity index (χ3v) is 8.00. The minimum Gasteiger partial charge on any atom is -0.368 e. The smallest absolute Gasteiger partial charge is 0.274 e. The minimum absolute atomic E-state index is 0.0154. The summed E-state index contributed by atoms with van der Waals surface area (Å²) in [6.07, 6.45) is 7.54. The molecule has 5 rings (SSSR count). The fourth-order valence-electron chi connectivity index (χ4n) is 5.83. The summed E-state index contributed by atoms with van der Waals surface area (Å²) in [7, 11) is 0. The van der Waals surface area contributed by atoms with Crippen molar-refractivity contribution in [3.63, 3.8) is 0 Å². The molecule has 1 N–H and O–H groups in total. The maximum Gasteiger partial charge on any atom is 0.274 e. The number of fused-ring (bicyclic) bond motifs is 1. The summed E-state index contributed by atoms with van der Waals surface area (Å²) in [5.41, 5.74) is 6.22. The van der Waals surface area contributed by atoms with Gasteiger partial charge in [-0.25, -0.2) is 0 Å². The molecular weight excluding hydrogens is 426 g/mol. The largest absolute Gasteiger partial charge is 0.368 e. The van der Waals surface area contributed by atoms with Gasteiger partial charge in [0.2, 0.25) is 5.91 Å². The van der Waals surface area contributed by atoms with E-state index >= 15 is 0 Å². The number of rotatable bonds is 5. The highest BCUT2D eigenvalue weighted by Crippen LogP contribution is 2.30. The number of hydrogen-bond acceptors (Lipinski definition) is 4. The minimum atomic E-state index is -0.0154. The Labute approximate surface area is 202 Å². The lowest BCUT2D eigenvalue weighted by Crippen LogP contribution is -2.49. The van der Waals surface area contributed by atoms with Crippen LogP contribution in [0.3, 0.4) is 0 Å². The highest BCUT2D eigenvalue weighted by Gasteiger charge is 2.31. The average molecular weight is 464 g/mol. The van der Waals surface area contributed by atoms with Crippen LogP contribution in [0.5, 0.6) is 0 Å². The first kappa shape index (κ1) is 22.9. The van der Waals surface area contributed by atoms with E-state index in [1.165, 1.54) is 42.5 Å². The molecule has 2 aliphatic heterocycles. The molecule has 7 heteroatoms. The van der Waals surface area contributed by atoms with Gasteiger partial charge in [-0.3, -0.25) is 14.7 Å². The molecule has 3 aliphatic rings. The Kier molecular flexibility index (Phi) is 6.61. The molecule has 182 valence electrons. The van der Waals surface area contributed by atoms with Crippen molar-refractivity contribution in [1.29, 1.82) is 0 Å². The number of benzene rings is 1. The van der Waals surface area contributed by atoms with Gasteiger partial charge in [-0.05, 0) is 43.4 Å². The number of amides is 2. The first-order chi connectivity index (χ1) is 16.5. The van der Waals surface area contributed by atoms with Crippen molar-refractivity contribution in [1.82, 2.24) is 20.0 Å². The maximum absolute atomic E-state index is 13.4. The van der Waals surface area contributed by atoms with Gasteiger partial charge in [0, 0.05) is 69.1 Å². The molecule has 1 aliphatic carbocycles. The van der Waals surface area contributed by atoms with E-state index in [1.807, 2.05) is 9.80 Å². The number of hydrogen-bond donors (Lipinski definition) is 1. The first-order valence-corrected chi connectivity index (χ1v) is 12.9. The molecule has 34 heavy (non-hydrogen) atoms. The van der Waals surface area contributed by atoms with Gasteiger partial charge in [0.25, 0.3) is 5.91 Å². The first-order valence-electron chi connectivity index (χ1n) is 12.9. The summed E-state index contributed by atoms with van der Waals surface area (Å²) in [5, 5.41) is 7.50. The van der Waals surface area contributed by atoms with Gasteiger partial charge < -0.3 is 14.7 Å². The molecule has 0 bridgehead atoms. The maximum atomic E-state index is 13.4. The molecule has 1 saturated carbocycles. The van der Waals surface area contributed by atoms with Crippen LogP contribution in [0, 0.1) is 19.8 Å². The van der Waals surface area contributed by atoms with Crippen molar-refractivity contribution in [3.8, 4) is 0 Å². The summed E-state index contributed by atoms with van der Waals surface area (Å²) in [4.78, 5) is 32.5. The normalized spacial score (nSPS) is 18.9. The van der Waals surface area contributed by atoms with E-state index < -0.39 is 0 Å². The molecule has 2 aromatic rings. The number of aromatic nitrogens is 2. The Balaban J connectivity index is 1.20. The number of carbonyl (C=O) groups is 2. The summed E-state index contributed by atoms with van der Waals surface area (Å²) in [6, 6.07) is 6.54. The van der Waals surface area contributed by atoms with E-state index in [9.17, 15) is 9.59 Å². The molecule has 0 spiro atoms. The fourth-order valence-corrected chi connectivity index (χ4v) is 5.83. The van der Waals surface area contributed by atoms with E-state index in [0.29, 0.717) is 38.3 Å². The second-order valence-electron chi connectivity index (χ2n) is 10.4. The zero-order valence-corrected chi connectivity index (χ0v) is 20.6. The summed E-state index contributed by atoms with van der Waals surface area (Å²) in [6.45, 7) is 8.45. The van der Waals surface area contributed by atoms with E-state index in [4.69, 9.17) is 0 Å². The predicted octanol–water partition coefficient (Wildman–Crippen LogP) is 3.84. The molecule has 0 atom stereocenters. The Bertz CT molecular complexity index is 1050. The van der Waals surface area contributed by atoms with E-state index in [2.05, 4.69) is 47.1 Å². The third kappa shape index (κ3) is 4.70. The van der Waals surface area contributed by atoms with E-state index in [0.717, 1.165) is 43.1 Å². The Morgan fingerprint density at radius 3 is 2.56 bits per heavy atom. The number of piperazine rings is 1. The number of aryl methyl sites for hydroxylation is 2. The quantitative estimate of drug-likeness (QED) is 0.731. The zero-order chi connectivity index (χ0) is 23.7. The fraction of sp³-hybridized carbons (Fsp3) is 0.593. The standard InChI is InChI=1S/C27H37N5O2/c1-19-7-8-20(2)24(17-19)30-13-15-31(16-14-30)27(34)26-22-18-32(12-11-23(22)28-29-26)25(33)10-9-21-5-3-4-6-21/h7-8,17,21H,3-6,9-16,18H2,1-2H3,(H,28,29). The van der Waals surface area contributed by atoms with Gasteiger partial charge in [-0.1, -0.05) is 37.8 Å². The number of aromatic amines is 1. The Morgan fingerprint density at radius 1 is 1.03 bits per heavy atom. The average Bonchev–Trinajstić information content (AvgIpc) is 3.53. The van der Waals surface area contributed by atoms with E-state index in [-0.39, 0.29) is 11.8 Å². The van der Waals surface area contributed by atoms with Crippen LogP contribution in [-0.4, -0.2) is 64.5 Å². The van der Waals surface area contributed by atoms with Crippen LogP contribution >= 0.6 is 0 Å². The van der Waals surface area contributed by atoms with Crippen LogP contribution in [0.15, 0.2) is 18.2 Å². The second-order valence-corrected chi connectivity index (χ2v) is 10.4. The summed E-state index contributed by atoms with van der Waals surface area (Å²) >= 11 is 0. The van der Waals surface area contributed by atoms with Crippen LogP contribution in [-0.2, 0) is 17.8 Å². The molecule has 0 radical (unpaired) electrons. The topological polar surface area (TPSA) is 72.5 Å². The van der Waals surface area contributed by atoms with Crippen molar-refractivity contribution >= 4 is 17.5 Å². The zero-order valence-electron chi connectivity index (χ0n) is 20.6. The van der Waals surface area contributed by atoms with Gasteiger partial charge in [-0.2, -0.15) is 5.10 Å². The molecule has 0 unspecified atom stereocenters. The number of nitrogens with zero attached hydrogens (tertiary/aromatic N) is 4. The highest BCUT2D eigenvalue weighted by molar-refractivity contribution is 5.94. The van der Waals surface area contributed by atoms with Gasteiger partial charge in [-0.15, -0.1) is 0 Å². The molecule has 1 aromatic heterocycles. The summed E-state index contributed by atoms with van der Waals surface area (Å²) in [5.74, 6) is 0.926. The van der Waals surface area contributed by atoms with Gasteiger partial charge in [0.1, 0.15) is 0 Å². The van der Waals surface area contributed by atoms with E-state index in [1.54, 1.807) is 0 Å². The van der Waals surface area contributed by atoms with Crippen LogP contribution in [0.2, 0.25) is 0 Å². The number of anilines is 1. The van der Waals surface area contributed by atoms with Crippen LogP contribution in [0.4, 0.5) is 5.69 Å². The molecule has 7 nitrogen and oxygen atoms in total. The molecule has 1 aromatic carbocycles. The highest BCUT2D eigenvalue weighted by atomic mass is 16.2. The van der Waals surface area contributed by atoms with Gasteiger partial charge in [0.05, 0.1) is 0 Å². The van der Waals surface area contributed by atoms with Crippen molar-refractivity contribution in [2.75, 3.05) is 37.6 Å². The number of H-pyrrole nitrogens is 1. The van der Waals surface area contributed by atoms with Crippen molar-refractivity contribution < 1.29 is 9.59 Å². The third-order valence-electron chi connectivity index (χ3n) is 8.00. The summed E-state index contributed by atoms with van der Waals surface area (Å²) < 4.78 is 0. The Morgan fingerprint density at radius 2 is 1.79 bits per heavy atom. The molecule has 2 fully saturated rings. The number of nitrogens with one attached hydrogen (secondary N) is 1. The predicted molar refractivity (Wildman–Crippen MR) is 133 cm³/mol. The van der Waals surface area contributed by atoms with Gasteiger partial charge >= 0.3 is 0 Å². The second kappa shape index (κ2) is 9.80. The Hall–Kier alpha value is -2.83. The lowest BCUT2D eigenvalue weighted by Gasteiger charge is -2.37. The molecular formula is C27H37N5O2. The monoisotopic (exact) mass is 463 g/mol. The molecule has 1 saturated heterocycles. The SMILES string of the molecule is Cc1ccc(C)c(N2CCN(C(=O)c3n[nH]c4c3CN(C(=O)CCC3CCCC3)CC4)CC2)c1. The van der Waals surface area contributed by atoms with Crippen LogP contribution in [0.25, 0.3) is 0 Å². The number of carbonyl (C=O) groups excluding carboxylic acids is 2.